The average Bonchev–Trinajstić information content (AvgIpc) is 2.93. The van der Waals surface area contributed by atoms with Crippen molar-refractivity contribution in [2.75, 3.05) is 13.7 Å². The van der Waals surface area contributed by atoms with Gasteiger partial charge in [0.2, 0.25) is 5.78 Å². The van der Waals surface area contributed by atoms with Crippen LogP contribution in [0.5, 0.6) is 5.75 Å². The maximum absolute atomic E-state index is 12.8. The van der Waals surface area contributed by atoms with Gasteiger partial charge in [0.25, 0.3) is 0 Å². The number of carbonyl (C=O) groups is 2. The number of esters is 1. The van der Waals surface area contributed by atoms with E-state index in [4.69, 9.17) is 9.47 Å². The molecule has 26 heavy (non-hydrogen) atoms. The number of hydrogen-bond acceptors (Lipinski definition) is 5. The van der Waals surface area contributed by atoms with Crippen LogP contribution in [0.15, 0.2) is 29.8 Å². The maximum atomic E-state index is 12.8. The van der Waals surface area contributed by atoms with Gasteiger partial charge in [-0.1, -0.05) is 18.2 Å². The van der Waals surface area contributed by atoms with Gasteiger partial charge in [0.15, 0.2) is 0 Å². The fourth-order valence-corrected chi connectivity index (χ4v) is 2.71. The lowest BCUT2D eigenvalue weighted by Gasteiger charge is -2.05. The molecule has 134 valence electrons. The molecule has 0 bridgehead atoms. The van der Waals surface area contributed by atoms with Gasteiger partial charge in [-0.3, -0.25) is 4.79 Å². The highest BCUT2D eigenvalue weighted by Crippen LogP contribution is 2.24. The van der Waals surface area contributed by atoms with Crippen LogP contribution in [-0.4, -0.2) is 30.5 Å². The number of ketones is 1. The number of allylic oxidation sites excluding steroid dienone is 1. The van der Waals surface area contributed by atoms with Gasteiger partial charge < -0.3 is 14.5 Å². The first-order valence-electron chi connectivity index (χ1n) is 8.10. The van der Waals surface area contributed by atoms with Gasteiger partial charge in [-0.05, 0) is 38.5 Å². The Morgan fingerprint density at radius 2 is 1.96 bits per heavy atom. The van der Waals surface area contributed by atoms with E-state index in [0.29, 0.717) is 28.1 Å². The summed E-state index contributed by atoms with van der Waals surface area (Å²) in [7, 11) is 1.52. The molecule has 0 spiro atoms. The van der Waals surface area contributed by atoms with Gasteiger partial charge >= 0.3 is 5.97 Å². The minimum Gasteiger partial charge on any atom is -0.496 e. The Morgan fingerprint density at radius 3 is 2.58 bits per heavy atom. The number of benzene rings is 1. The predicted molar refractivity (Wildman–Crippen MR) is 97.1 cm³/mol. The molecule has 0 atom stereocenters. The molecule has 0 aliphatic carbocycles. The predicted octanol–water partition coefficient (Wildman–Crippen LogP) is 3.61. The molecule has 1 N–H and O–H groups in total. The standard InChI is InChI=1S/C20H20N2O4/c1-5-26-20(24)17-12(2)18(22-13(17)3)19(23)15(11-21)10-14-8-6-7-9-16(14)25-4/h6-10,22H,5H2,1-4H3/b15-10+. The van der Waals surface area contributed by atoms with Crippen LogP contribution in [0.2, 0.25) is 0 Å². The molecule has 0 radical (unpaired) electrons. The Balaban J connectivity index is 2.47. The number of H-pyrrole nitrogens is 1. The van der Waals surface area contributed by atoms with E-state index in [0.717, 1.165) is 0 Å². The topological polar surface area (TPSA) is 92.2 Å². The van der Waals surface area contributed by atoms with Crippen LogP contribution >= 0.6 is 0 Å². The Hall–Kier alpha value is -3.33. The van der Waals surface area contributed by atoms with E-state index in [1.54, 1.807) is 45.0 Å². The van der Waals surface area contributed by atoms with Crippen molar-refractivity contribution in [3.8, 4) is 11.8 Å². The highest BCUT2D eigenvalue weighted by molar-refractivity contribution is 6.15. The van der Waals surface area contributed by atoms with Crippen molar-refractivity contribution >= 4 is 17.8 Å². The number of aromatic nitrogens is 1. The molecule has 2 rings (SSSR count). The first kappa shape index (κ1) is 19.0. The fraction of sp³-hybridized carbons (Fsp3) is 0.250. The summed E-state index contributed by atoms with van der Waals surface area (Å²) in [5, 5.41) is 9.46. The zero-order chi connectivity index (χ0) is 19.3. The number of aryl methyl sites for hydroxylation is 1. The van der Waals surface area contributed by atoms with Gasteiger partial charge in [-0.2, -0.15) is 5.26 Å². The second kappa shape index (κ2) is 8.17. The van der Waals surface area contributed by atoms with Crippen LogP contribution in [-0.2, 0) is 4.74 Å². The quantitative estimate of drug-likeness (QED) is 0.371. The number of rotatable bonds is 6. The van der Waals surface area contributed by atoms with Crippen molar-refractivity contribution in [1.82, 2.24) is 4.98 Å². The number of carbonyl (C=O) groups excluding carboxylic acids is 2. The van der Waals surface area contributed by atoms with Gasteiger partial charge in [0.05, 0.1) is 25.0 Å². The molecule has 0 fully saturated rings. The van der Waals surface area contributed by atoms with Gasteiger partial charge in [0, 0.05) is 11.3 Å². The Kier molecular flexibility index (Phi) is 5.97. The minimum absolute atomic E-state index is 0.0609. The van der Waals surface area contributed by atoms with E-state index in [1.807, 2.05) is 6.07 Å². The number of Topliss-reactive ketones (excluding diaryl/α,β-unsaturated/α-hetero) is 1. The molecule has 0 aliphatic rings. The third-order valence-electron chi connectivity index (χ3n) is 3.95. The number of nitrogens with one attached hydrogen (secondary N) is 1. The highest BCUT2D eigenvalue weighted by Gasteiger charge is 2.24. The van der Waals surface area contributed by atoms with E-state index >= 15 is 0 Å². The number of aromatic amines is 1. The van der Waals surface area contributed by atoms with E-state index in [2.05, 4.69) is 4.98 Å². The summed E-state index contributed by atoms with van der Waals surface area (Å²) in [5.74, 6) is -0.431. The van der Waals surface area contributed by atoms with Gasteiger partial charge in [-0.15, -0.1) is 0 Å². The molecule has 1 aromatic carbocycles. The van der Waals surface area contributed by atoms with E-state index in [1.165, 1.54) is 13.2 Å². The molecule has 6 nitrogen and oxygen atoms in total. The number of nitriles is 1. The Bertz CT molecular complexity index is 916. The van der Waals surface area contributed by atoms with Crippen LogP contribution in [0, 0.1) is 25.2 Å². The molecule has 0 amide bonds. The zero-order valence-electron chi connectivity index (χ0n) is 15.2. The lowest BCUT2D eigenvalue weighted by atomic mass is 10.0. The van der Waals surface area contributed by atoms with Gasteiger partial charge in [0.1, 0.15) is 17.4 Å². The first-order valence-corrected chi connectivity index (χ1v) is 8.10. The molecule has 0 unspecified atom stereocenters. The number of nitrogens with zero attached hydrogens (tertiary/aromatic N) is 1. The van der Waals surface area contributed by atoms with E-state index < -0.39 is 11.8 Å². The minimum atomic E-state index is -0.495. The molecule has 0 saturated heterocycles. The second-order valence-corrected chi connectivity index (χ2v) is 5.59. The fourth-order valence-electron chi connectivity index (χ4n) is 2.71. The molecular formula is C20H20N2O4. The summed E-state index contributed by atoms with van der Waals surface area (Å²) >= 11 is 0. The second-order valence-electron chi connectivity index (χ2n) is 5.59. The van der Waals surface area contributed by atoms with Crippen molar-refractivity contribution in [3.63, 3.8) is 0 Å². The van der Waals surface area contributed by atoms with Gasteiger partial charge in [-0.25, -0.2) is 4.79 Å². The number of methoxy groups -OCH3 is 1. The van der Waals surface area contributed by atoms with Crippen molar-refractivity contribution in [2.24, 2.45) is 0 Å². The monoisotopic (exact) mass is 352 g/mol. The van der Waals surface area contributed by atoms with Crippen molar-refractivity contribution in [2.45, 2.75) is 20.8 Å². The smallest absolute Gasteiger partial charge is 0.340 e. The summed E-state index contributed by atoms with van der Waals surface area (Å²) < 4.78 is 10.3. The summed E-state index contributed by atoms with van der Waals surface area (Å²) in [4.78, 5) is 27.8. The van der Waals surface area contributed by atoms with Crippen molar-refractivity contribution in [1.29, 1.82) is 5.26 Å². The number of ether oxygens (including phenoxy) is 2. The zero-order valence-corrected chi connectivity index (χ0v) is 15.2. The third-order valence-corrected chi connectivity index (χ3v) is 3.95. The summed E-state index contributed by atoms with van der Waals surface area (Å²) in [6, 6.07) is 9.01. The highest BCUT2D eigenvalue weighted by atomic mass is 16.5. The van der Waals surface area contributed by atoms with Crippen LogP contribution in [0.25, 0.3) is 6.08 Å². The molecule has 0 saturated carbocycles. The summed E-state index contributed by atoms with van der Waals surface area (Å²) in [5.41, 5.74) is 2.07. The molecule has 6 heteroatoms. The lowest BCUT2D eigenvalue weighted by molar-refractivity contribution is 0.0525. The maximum Gasteiger partial charge on any atom is 0.340 e. The molecular weight excluding hydrogens is 332 g/mol. The van der Waals surface area contributed by atoms with Crippen molar-refractivity contribution < 1.29 is 19.1 Å². The molecule has 0 aliphatic heterocycles. The molecule has 1 heterocycles. The van der Waals surface area contributed by atoms with Crippen LogP contribution < -0.4 is 4.74 Å². The Labute approximate surface area is 152 Å². The molecule has 1 aromatic heterocycles. The van der Waals surface area contributed by atoms with E-state index in [-0.39, 0.29) is 17.9 Å². The normalized spacial score (nSPS) is 11.0. The molecule has 2 aromatic rings. The summed E-state index contributed by atoms with van der Waals surface area (Å²) in [6.07, 6.45) is 1.47. The SMILES string of the molecule is CCOC(=O)c1c(C)[nH]c(C(=O)/C(C#N)=C/c2ccccc2OC)c1C. The largest absolute Gasteiger partial charge is 0.496 e. The lowest BCUT2D eigenvalue weighted by Crippen LogP contribution is -2.08. The van der Waals surface area contributed by atoms with Crippen LogP contribution in [0.4, 0.5) is 0 Å². The van der Waals surface area contributed by atoms with Crippen LogP contribution in [0.3, 0.4) is 0 Å². The Morgan fingerprint density at radius 1 is 1.27 bits per heavy atom. The number of para-hydroxylation sites is 1. The average molecular weight is 352 g/mol. The van der Waals surface area contributed by atoms with Crippen molar-refractivity contribution in [3.05, 3.63) is 57.9 Å². The number of hydrogen-bond donors (Lipinski definition) is 1. The first-order chi connectivity index (χ1) is 12.4. The van der Waals surface area contributed by atoms with Crippen LogP contribution in [0.1, 0.15) is 44.6 Å². The summed E-state index contributed by atoms with van der Waals surface area (Å²) in [6.45, 7) is 5.29. The van der Waals surface area contributed by atoms with E-state index in [9.17, 15) is 14.9 Å². The third kappa shape index (κ3) is 3.67.